The zero-order chi connectivity index (χ0) is 30.1. The smallest absolute Gasteiger partial charge is 0.272 e. The van der Waals surface area contributed by atoms with Crippen LogP contribution in [-0.2, 0) is 9.59 Å². The van der Waals surface area contributed by atoms with Gasteiger partial charge >= 0.3 is 0 Å². The van der Waals surface area contributed by atoms with Crippen LogP contribution in [0.25, 0.3) is 6.08 Å². The number of carbonyl (C=O) groups is 3. The Kier molecular flexibility index (Phi) is 10.4. The number of thioether (sulfide) groups is 1. The maximum absolute atomic E-state index is 13.5. The van der Waals surface area contributed by atoms with Crippen LogP contribution in [0.1, 0.15) is 28.5 Å². The van der Waals surface area contributed by atoms with Crippen molar-refractivity contribution in [2.45, 2.75) is 24.0 Å². The average molecular weight is 603 g/mol. The number of benzene rings is 3. The first kappa shape index (κ1) is 30.4. The molecule has 0 radical (unpaired) electrons. The second kappa shape index (κ2) is 14.3. The van der Waals surface area contributed by atoms with Gasteiger partial charge in [0, 0.05) is 27.1 Å². The minimum absolute atomic E-state index is 0.0000469. The zero-order valence-corrected chi connectivity index (χ0v) is 25.1. The molecule has 11 heteroatoms. The number of nitrogens with zero attached hydrogens (tertiary/aromatic N) is 1. The van der Waals surface area contributed by atoms with Crippen LogP contribution in [0, 0.1) is 6.92 Å². The lowest BCUT2D eigenvalue weighted by atomic mass is 10.1. The van der Waals surface area contributed by atoms with E-state index in [4.69, 9.17) is 9.47 Å². The van der Waals surface area contributed by atoms with Crippen molar-refractivity contribution in [1.29, 1.82) is 0 Å². The molecule has 3 N–H and O–H groups in total. The average Bonchev–Trinajstić information content (AvgIpc) is 3.41. The fraction of sp³-hybridized carbons (Fsp3) is 0.161. The van der Waals surface area contributed by atoms with Crippen molar-refractivity contribution in [3.63, 3.8) is 0 Å². The van der Waals surface area contributed by atoms with Gasteiger partial charge in [0.2, 0.25) is 5.91 Å². The molecule has 1 heterocycles. The molecular weight excluding hydrogens is 572 g/mol. The Labute approximate surface area is 252 Å². The molecule has 4 rings (SSSR count). The van der Waals surface area contributed by atoms with Crippen LogP contribution in [0.15, 0.2) is 88.8 Å². The summed E-state index contributed by atoms with van der Waals surface area (Å²) in [6, 6.07) is 20.9. The lowest BCUT2D eigenvalue weighted by molar-refractivity contribution is -0.115. The zero-order valence-electron chi connectivity index (χ0n) is 23.5. The minimum atomic E-state index is -0.545. The first-order valence-electron chi connectivity index (χ1n) is 12.9. The van der Waals surface area contributed by atoms with Gasteiger partial charge in [-0.05, 0) is 68.5 Å². The lowest BCUT2D eigenvalue weighted by Gasteiger charge is -2.14. The number of aromatic nitrogens is 1. The molecule has 216 valence electrons. The van der Waals surface area contributed by atoms with Crippen LogP contribution in [0.5, 0.6) is 11.5 Å². The summed E-state index contributed by atoms with van der Waals surface area (Å²) in [6.07, 6.45) is 1.53. The number of methoxy groups -OCH3 is 2. The van der Waals surface area contributed by atoms with Gasteiger partial charge in [-0.3, -0.25) is 14.4 Å². The Morgan fingerprint density at radius 1 is 0.952 bits per heavy atom. The summed E-state index contributed by atoms with van der Waals surface area (Å²) in [5, 5.41) is 10.4. The lowest BCUT2D eigenvalue weighted by Crippen LogP contribution is -2.30. The van der Waals surface area contributed by atoms with Gasteiger partial charge in [-0.15, -0.1) is 23.1 Å². The maximum Gasteiger partial charge on any atom is 0.272 e. The van der Waals surface area contributed by atoms with Crippen molar-refractivity contribution in [2.24, 2.45) is 0 Å². The number of hydrogen-bond acceptors (Lipinski definition) is 8. The predicted molar refractivity (Wildman–Crippen MR) is 167 cm³/mol. The van der Waals surface area contributed by atoms with E-state index in [1.54, 1.807) is 73.7 Å². The van der Waals surface area contributed by atoms with E-state index in [9.17, 15) is 14.4 Å². The summed E-state index contributed by atoms with van der Waals surface area (Å²) in [6.45, 7) is 3.66. The van der Waals surface area contributed by atoms with Gasteiger partial charge in [0.25, 0.3) is 11.8 Å². The van der Waals surface area contributed by atoms with E-state index in [0.29, 0.717) is 33.4 Å². The third-order valence-electron chi connectivity index (χ3n) is 5.89. The summed E-state index contributed by atoms with van der Waals surface area (Å²) in [5.41, 5.74) is 2.27. The first-order chi connectivity index (χ1) is 20.2. The summed E-state index contributed by atoms with van der Waals surface area (Å²) in [7, 11) is 3.06. The van der Waals surface area contributed by atoms with Gasteiger partial charge in [-0.1, -0.05) is 24.3 Å². The van der Waals surface area contributed by atoms with Crippen LogP contribution in [0.2, 0.25) is 0 Å². The highest BCUT2D eigenvalue weighted by molar-refractivity contribution is 8.00. The number of amides is 3. The Morgan fingerprint density at radius 3 is 2.43 bits per heavy atom. The molecule has 0 aliphatic heterocycles. The molecule has 0 fully saturated rings. The molecule has 0 bridgehead atoms. The topological polar surface area (TPSA) is 119 Å². The largest absolute Gasteiger partial charge is 0.497 e. The fourth-order valence-corrected chi connectivity index (χ4v) is 5.39. The SMILES string of the molecule is COc1ccc(OC)c(/C=C(/NC(=O)c2ccccc2)C(=O)Nc2cccc(SC(C)C(=O)Nc3nc(C)cs3)c2)c1. The third-order valence-corrected chi connectivity index (χ3v) is 7.86. The summed E-state index contributed by atoms with van der Waals surface area (Å²) in [4.78, 5) is 44.3. The molecule has 0 aliphatic rings. The quantitative estimate of drug-likeness (QED) is 0.142. The van der Waals surface area contributed by atoms with Crippen LogP contribution < -0.4 is 25.4 Å². The molecule has 0 spiro atoms. The molecule has 3 amide bonds. The Balaban J connectivity index is 1.54. The molecule has 1 unspecified atom stereocenters. The third kappa shape index (κ3) is 8.21. The summed E-state index contributed by atoms with van der Waals surface area (Å²) in [5.74, 6) is -0.114. The molecule has 3 aromatic carbocycles. The molecule has 1 atom stereocenters. The second-order valence-electron chi connectivity index (χ2n) is 9.01. The number of carbonyl (C=O) groups excluding carboxylic acids is 3. The van der Waals surface area contributed by atoms with Gasteiger partial charge < -0.3 is 25.4 Å². The number of ether oxygens (including phenoxy) is 2. The summed E-state index contributed by atoms with van der Waals surface area (Å²) < 4.78 is 10.8. The van der Waals surface area contributed by atoms with Crippen molar-refractivity contribution in [2.75, 3.05) is 24.9 Å². The van der Waals surface area contributed by atoms with E-state index >= 15 is 0 Å². The number of anilines is 2. The van der Waals surface area contributed by atoms with E-state index in [1.807, 2.05) is 18.4 Å². The van der Waals surface area contributed by atoms with E-state index in [1.165, 1.54) is 43.4 Å². The van der Waals surface area contributed by atoms with Crippen LogP contribution in [0.3, 0.4) is 0 Å². The van der Waals surface area contributed by atoms with Crippen LogP contribution in [0.4, 0.5) is 10.8 Å². The standard InChI is InChI=1S/C31H30N4O5S2/c1-19-18-41-31(32-19)35-28(36)20(2)42-25-12-8-11-23(17-25)33-30(38)26(34-29(37)21-9-6-5-7-10-21)16-22-15-24(39-3)13-14-27(22)40-4/h5-18,20H,1-4H3,(H,33,38)(H,34,37)(H,32,35,36)/b26-16+. The van der Waals surface area contributed by atoms with Gasteiger partial charge in [0.1, 0.15) is 17.2 Å². The monoisotopic (exact) mass is 602 g/mol. The van der Waals surface area contributed by atoms with Gasteiger partial charge in [-0.2, -0.15) is 0 Å². The van der Waals surface area contributed by atoms with Crippen molar-refractivity contribution in [1.82, 2.24) is 10.3 Å². The molecule has 0 aliphatic carbocycles. The summed E-state index contributed by atoms with van der Waals surface area (Å²) >= 11 is 2.72. The number of rotatable bonds is 11. The van der Waals surface area contributed by atoms with E-state index in [-0.39, 0.29) is 11.6 Å². The predicted octanol–water partition coefficient (Wildman–Crippen LogP) is 6.00. The van der Waals surface area contributed by atoms with Crippen molar-refractivity contribution < 1.29 is 23.9 Å². The highest BCUT2D eigenvalue weighted by Gasteiger charge is 2.19. The molecule has 1 aromatic heterocycles. The van der Waals surface area contributed by atoms with E-state index < -0.39 is 17.1 Å². The Morgan fingerprint density at radius 2 is 1.74 bits per heavy atom. The number of aryl methyl sites for hydroxylation is 1. The fourth-order valence-electron chi connectivity index (χ4n) is 3.77. The molecular formula is C31H30N4O5S2. The van der Waals surface area contributed by atoms with Crippen molar-refractivity contribution in [3.05, 3.63) is 101 Å². The number of nitrogens with one attached hydrogen (secondary N) is 3. The normalized spacial score (nSPS) is 11.8. The van der Waals surface area contributed by atoms with E-state index in [2.05, 4.69) is 20.9 Å². The molecule has 9 nitrogen and oxygen atoms in total. The van der Waals surface area contributed by atoms with Crippen LogP contribution in [-0.4, -0.2) is 42.2 Å². The molecule has 4 aromatic rings. The van der Waals surface area contributed by atoms with Crippen LogP contribution >= 0.6 is 23.1 Å². The second-order valence-corrected chi connectivity index (χ2v) is 11.3. The minimum Gasteiger partial charge on any atom is -0.497 e. The highest BCUT2D eigenvalue weighted by atomic mass is 32.2. The Bertz CT molecular complexity index is 1600. The van der Waals surface area contributed by atoms with Gasteiger partial charge in [-0.25, -0.2) is 4.98 Å². The molecule has 42 heavy (non-hydrogen) atoms. The highest BCUT2D eigenvalue weighted by Crippen LogP contribution is 2.28. The number of thiazole rings is 1. The maximum atomic E-state index is 13.5. The molecule has 0 saturated heterocycles. The molecule has 0 saturated carbocycles. The van der Waals surface area contributed by atoms with Gasteiger partial charge in [0.15, 0.2) is 5.13 Å². The number of hydrogen-bond donors (Lipinski definition) is 3. The van der Waals surface area contributed by atoms with Gasteiger partial charge in [0.05, 0.1) is 25.2 Å². The van der Waals surface area contributed by atoms with E-state index in [0.717, 1.165) is 10.6 Å². The Hall–Kier alpha value is -4.61. The van der Waals surface area contributed by atoms with Crippen molar-refractivity contribution in [3.8, 4) is 11.5 Å². The van der Waals surface area contributed by atoms with Crippen molar-refractivity contribution >= 4 is 57.7 Å². The first-order valence-corrected chi connectivity index (χ1v) is 14.6.